The van der Waals surface area contributed by atoms with Crippen molar-refractivity contribution in [1.29, 1.82) is 0 Å². The number of halogens is 4. The maximum absolute atomic E-state index is 14.0. The second-order valence-electron chi connectivity index (χ2n) is 10.5. The largest absolute Gasteiger partial charge is 0.454 e. The van der Waals surface area contributed by atoms with Gasteiger partial charge in [0.05, 0.1) is 22.0 Å². The summed E-state index contributed by atoms with van der Waals surface area (Å²) in [4.78, 5) is 47.5. The third kappa shape index (κ3) is 5.75. The number of carbonyl (C=O) groups is 2. The van der Waals surface area contributed by atoms with Crippen molar-refractivity contribution in [3.8, 4) is 22.9 Å². The summed E-state index contributed by atoms with van der Waals surface area (Å²) in [5, 5.41) is 6.79. The Morgan fingerprint density at radius 3 is 2.44 bits per heavy atom. The number of nitrogens with zero attached hydrogens (tertiary/aromatic N) is 6. The summed E-state index contributed by atoms with van der Waals surface area (Å²) in [5.74, 6) is 0.655. The molecule has 0 atom stereocenters. The summed E-state index contributed by atoms with van der Waals surface area (Å²) in [6, 6.07) is 7.76. The number of anilines is 2. The van der Waals surface area contributed by atoms with E-state index in [4.69, 9.17) is 21.1 Å². The topological polar surface area (TPSA) is 123 Å². The second-order valence-corrected chi connectivity index (χ2v) is 10.9. The summed E-state index contributed by atoms with van der Waals surface area (Å²) in [6.45, 7) is 4.60. The predicted molar refractivity (Wildman–Crippen MR) is 158 cm³/mol. The summed E-state index contributed by atoms with van der Waals surface area (Å²) >= 11 is 6.09. The molecule has 1 N–H and O–H groups in total. The number of ether oxygens (including phenoxy) is 2. The Kier molecular flexibility index (Phi) is 7.81. The zero-order valence-electron chi connectivity index (χ0n) is 24.2. The average Bonchev–Trinajstić information content (AvgIpc) is 3.66. The lowest BCUT2D eigenvalue weighted by atomic mass is 10.2. The minimum Gasteiger partial charge on any atom is -0.454 e. The van der Waals surface area contributed by atoms with Crippen LogP contribution in [0.15, 0.2) is 41.2 Å². The van der Waals surface area contributed by atoms with Gasteiger partial charge in [-0.15, -0.1) is 5.10 Å². The summed E-state index contributed by atoms with van der Waals surface area (Å²) in [6.07, 6.45) is -4.27. The minimum atomic E-state index is -4.60. The standard InChI is InChI=1S/C29H27ClF3N7O5/c1-3-21-25(38-10-8-37(9-11-38)16(2)41)27(43)40-28(35-26(36-40)17-4-7-22-23(12-17)45-15-44-22)39(21)14-24(42)34-20-6-5-18(13-19(20)30)29(31,32)33/h4-7,12-13H,3,8-11,14-15H2,1-2H3,(H,34,42). The second kappa shape index (κ2) is 11.6. The number of fused-ring (bicyclic) bond motifs is 2. The first kappa shape index (κ1) is 30.2. The highest BCUT2D eigenvalue weighted by molar-refractivity contribution is 6.33. The summed E-state index contributed by atoms with van der Waals surface area (Å²) in [5.41, 5.74) is -0.0369. The van der Waals surface area contributed by atoms with E-state index in [2.05, 4.69) is 15.4 Å². The number of carbonyl (C=O) groups excluding carboxylic acids is 2. The maximum atomic E-state index is 14.0. The molecular formula is C29H27ClF3N7O5. The van der Waals surface area contributed by atoms with Crippen LogP contribution in [0, 0.1) is 0 Å². The molecule has 0 aliphatic carbocycles. The van der Waals surface area contributed by atoms with Crippen molar-refractivity contribution in [2.45, 2.75) is 33.0 Å². The van der Waals surface area contributed by atoms with E-state index in [0.29, 0.717) is 61.0 Å². The van der Waals surface area contributed by atoms with E-state index >= 15 is 0 Å². The maximum Gasteiger partial charge on any atom is 0.416 e. The van der Waals surface area contributed by atoms with Crippen LogP contribution in [0.4, 0.5) is 24.5 Å². The van der Waals surface area contributed by atoms with E-state index in [1.165, 1.54) is 6.92 Å². The fourth-order valence-electron chi connectivity index (χ4n) is 5.46. The molecule has 2 amide bonds. The number of hydrogen-bond donors (Lipinski definition) is 1. The number of nitrogens with one attached hydrogen (secondary N) is 1. The van der Waals surface area contributed by atoms with Crippen LogP contribution in [0.5, 0.6) is 11.5 Å². The molecule has 0 unspecified atom stereocenters. The molecule has 0 saturated carbocycles. The Morgan fingerprint density at radius 2 is 1.78 bits per heavy atom. The highest BCUT2D eigenvalue weighted by atomic mass is 35.5. The number of aromatic nitrogens is 4. The fraction of sp³-hybridized carbons (Fsp3) is 0.345. The van der Waals surface area contributed by atoms with Gasteiger partial charge in [-0.25, -0.2) is 0 Å². The van der Waals surface area contributed by atoms with Gasteiger partial charge < -0.3 is 29.2 Å². The molecule has 0 spiro atoms. The van der Waals surface area contributed by atoms with Gasteiger partial charge in [-0.2, -0.15) is 22.7 Å². The number of rotatable bonds is 6. The van der Waals surface area contributed by atoms with Crippen LogP contribution in [-0.2, 0) is 28.7 Å². The smallest absolute Gasteiger partial charge is 0.416 e. The monoisotopic (exact) mass is 645 g/mol. The third-order valence-electron chi connectivity index (χ3n) is 7.70. The van der Waals surface area contributed by atoms with E-state index in [1.807, 2.05) is 11.8 Å². The van der Waals surface area contributed by atoms with Crippen molar-refractivity contribution < 1.29 is 32.2 Å². The van der Waals surface area contributed by atoms with E-state index < -0.39 is 23.2 Å². The molecule has 2 aliphatic rings. The lowest BCUT2D eigenvalue weighted by Gasteiger charge is -2.36. The van der Waals surface area contributed by atoms with Gasteiger partial charge in [-0.05, 0) is 42.8 Å². The van der Waals surface area contributed by atoms with Gasteiger partial charge in [0.1, 0.15) is 12.2 Å². The van der Waals surface area contributed by atoms with Crippen LogP contribution >= 0.6 is 11.6 Å². The molecule has 45 heavy (non-hydrogen) atoms. The average molecular weight is 646 g/mol. The van der Waals surface area contributed by atoms with E-state index in [1.54, 1.807) is 27.7 Å². The van der Waals surface area contributed by atoms with Gasteiger partial charge in [-0.1, -0.05) is 18.5 Å². The first-order chi connectivity index (χ1) is 21.4. The number of piperazine rings is 1. The summed E-state index contributed by atoms with van der Waals surface area (Å²) in [7, 11) is 0. The van der Waals surface area contributed by atoms with E-state index in [9.17, 15) is 27.6 Å². The lowest BCUT2D eigenvalue weighted by Crippen LogP contribution is -2.50. The first-order valence-corrected chi connectivity index (χ1v) is 14.4. The van der Waals surface area contributed by atoms with E-state index in [-0.39, 0.29) is 41.6 Å². The van der Waals surface area contributed by atoms with Gasteiger partial charge in [0.2, 0.25) is 24.4 Å². The molecule has 4 heterocycles. The summed E-state index contributed by atoms with van der Waals surface area (Å²) < 4.78 is 52.9. The van der Waals surface area contributed by atoms with Crippen molar-refractivity contribution >= 4 is 40.6 Å². The third-order valence-corrected chi connectivity index (χ3v) is 8.02. The lowest BCUT2D eigenvalue weighted by molar-refractivity contribution is -0.137. The Balaban J connectivity index is 1.42. The van der Waals surface area contributed by atoms with Gasteiger partial charge in [0, 0.05) is 38.7 Å². The highest BCUT2D eigenvalue weighted by Crippen LogP contribution is 2.36. The Labute approximate surface area is 258 Å². The number of amides is 2. The number of hydrogen-bond acceptors (Lipinski definition) is 8. The molecule has 4 aromatic rings. The normalized spacial score (nSPS) is 14.7. The Bertz CT molecular complexity index is 1880. The van der Waals surface area contributed by atoms with Crippen molar-refractivity contribution in [1.82, 2.24) is 24.1 Å². The first-order valence-electron chi connectivity index (χ1n) is 14.0. The molecule has 236 valence electrons. The van der Waals surface area contributed by atoms with Crippen molar-refractivity contribution in [3.05, 3.63) is 63.0 Å². The van der Waals surface area contributed by atoms with Crippen molar-refractivity contribution in [2.24, 2.45) is 0 Å². The minimum absolute atomic E-state index is 0.00660. The van der Waals surface area contributed by atoms with Crippen LogP contribution in [0.1, 0.15) is 25.1 Å². The molecular weight excluding hydrogens is 619 g/mol. The predicted octanol–water partition coefficient (Wildman–Crippen LogP) is 3.83. The van der Waals surface area contributed by atoms with Crippen molar-refractivity contribution in [3.63, 3.8) is 0 Å². The Hall–Kier alpha value is -4.79. The molecule has 12 nitrogen and oxygen atoms in total. The van der Waals surface area contributed by atoms with Gasteiger partial charge in [-0.3, -0.25) is 14.4 Å². The van der Waals surface area contributed by atoms with Crippen LogP contribution in [-0.4, -0.2) is 68.9 Å². The molecule has 2 aromatic carbocycles. The van der Waals surface area contributed by atoms with Gasteiger partial charge >= 0.3 is 6.18 Å². The zero-order valence-corrected chi connectivity index (χ0v) is 24.9. The molecule has 0 radical (unpaired) electrons. The number of alkyl halides is 3. The SMILES string of the molecule is CCc1c(N2CCN(C(C)=O)CC2)c(=O)n2nc(-c3ccc4c(c3)OCO4)nc2n1CC(=O)Nc1ccc(C(F)(F)F)cc1Cl. The van der Waals surface area contributed by atoms with Crippen LogP contribution in [0.2, 0.25) is 5.02 Å². The van der Waals surface area contributed by atoms with Crippen LogP contribution < -0.4 is 25.2 Å². The van der Waals surface area contributed by atoms with Gasteiger partial charge in [0.15, 0.2) is 17.3 Å². The van der Waals surface area contributed by atoms with E-state index in [0.717, 1.165) is 22.7 Å². The van der Waals surface area contributed by atoms with Crippen LogP contribution in [0.3, 0.4) is 0 Å². The Morgan fingerprint density at radius 1 is 1.04 bits per heavy atom. The molecule has 2 aliphatic heterocycles. The zero-order chi connectivity index (χ0) is 32.0. The van der Waals surface area contributed by atoms with Crippen LogP contribution in [0.25, 0.3) is 17.2 Å². The molecule has 0 bridgehead atoms. The quantitative estimate of drug-likeness (QED) is 0.336. The van der Waals surface area contributed by atoms with Crippen molar-refractivity contribution in [2.75, 3.05) is 43.2 Å². The molecule has 6 rings (SSSR count). The molecule has 1 saturated heterocycles. The fourth-order valence-corrected chi connectivity index (χ4v) is 5.69. The molecule has 1 fully saturated rings. The number of benzene rings is 2. The highest BCUT2D eigenvalue weighted by Gasteiger charge is 2.31. The molecule has 16 heteroatoms. The molecule has 2 aromatic heterocycles. The van der Waals surface area contributed by atoms with Gasteiger partial charge in [0.25, 0.3) is 5.56 Å².